The van der Waals surface area contributed by atoms with Gasteiger partial charge in [0.15, 0.2) is 5.82 Å². The number of nitrogens with one attached hydrogen (secondary N) is 3. The lowest BCUT2D eigenvalue weighted by atomic mass is 9.90. The van der Waals surface area contributed by atoms with Gasteiger partial charge in [0.25, 0.3) is 0 Å². The molecule has 1 aliphatic heterocycles. The van der Waals surface area contributed by atoms with Crippen molar-refractivity contribution in [1.82, 2.24) is 10.3 Å². The minimum Gasteiger partial charge on any atom is -0.385 e. The number of rotatable bonds is 4. The molecule has 0 amide bonds. The summed E-state index contributed by atoms with van der Waals surface area (Å²) >= 11 is 5.98. The molecule has 1 aromatic heterocycles. The molecule has 1 saturated heterocycles. The Kier molecular flexibility index (Phi) is 4.80. The molecule has 0 bridgehead atoms. The molecule has 3 N–H and O–H groups in total. The number of hydrogen-bond acceptors (Lipinski definition) is 4. The molecule has 2 heterocycles. The van der Waals surface area contributed by atoms with E-state index in [-0.39, 0.29) is 0 Å². The van der Waals surface area contributed by atoms with Gasteiger partial charge in [-0.05, 0) is 61.7 Å². The molecule has 0 atom stereocenters. The zero-order valence-corrected chi connectivity index (χ0v) is 13.5. The maximum absolute atomic E-state index is 5.98. The van der Waals surface area contributed by atoms with Crippen LogP contribution in [0.1, 0.15) is 24.3 Å². The van der Waals surface area contributed by atoms with E-state index in [9.17, 15) is 0 Å². The van der Waals surface area contributed by atoms with E-state index in [1.54, 1.807) is 6.07 Å². The van der Waals surface area contributed by atoms with Crippen molar-refractivity contribution >= 4 is 28.8 Å². The third kappa shape index (κ3) is 3.51. The Morgan fingerprint density at radius 3 is 2.50 bits per heavy atom. The fourth-order valence-corrected chi connectivity index (χ4v) is 3.01. The van der Waals surface area contributed by atoms with Crippen LogP contribution in [0.25, 0.3) is 0 Å². The van der Waals surface area contributed by atoms with Crippen LogP contribution in [0, 0.1) is 0 Å². The van der Waals surface area contributed by atoms with Crippen LogP contribution >= 0.6 is 11.6 Å². The van der Waals surface area contributed by atoms with Gasteiger partial charge in [0.1, 0.15) is 5.15 Å². The normalized spacial score (nSPS) is 15.5. The predicted molar refractivity (Wildman–Crippen MR) is 93.4 cm³/mol. The number of halogens is 1. The van der Waals surface area contributed by atoms with Crippen LogP contribution in [0.2, 0.25) is 5.15 Å². The van der Waals surface area contributed by atoms with Crippen molar-refractivity contribution in [3.05, 3.63) is 47.1 Å². The van der Waals surface area contributed by atoms with E-state index < -0.39 is 0 Å². The van der Waals surface area contributed by atoms with Crippen LogP contribution < -0.4 is 16.0 Å². The summed E-state index contributed by atoms with van der Waals surface area (Å²) in [6, 6.07) is 12.3. The summed E-state index contributed by atoms with van der Waals surface area (Å²) < 4.78 is 0. The molecule has 4 nitrogen and oxygen atoms in total. The van der Waals surface area contributed by atoms with E-state index in [1.807, 2.05) is 13.1 Å². The molecule has 1 aromatic carbocycles. The molecular formula is C17H21ClN4. The van der Waals surface area contributed by atoms with E-state index in [1.165, 1.54) is 18.4 Å². The van der Waals surface area contributed by atoms with Crippen molar-refractivity contribution in [2.45, 2.75) is 18.8 Å². The van der Waals surface area contributed by atoms with Gasteiger partial charge in [-0.1, -0.05) is 23.7 Å². The fraction of sp³-hybridized carbons (Fsp3) is 0.353. The summed E-state index contributed by atoms with van der Waals surface area (Å²) in [5.41, 5.74) is 3.36. The largest absolute Gasteiger partial charge is 0.385 e. The summed E-state index contributed by atoms with van der Waals surface area (Å²) in [5, 5.41) is 10.3. The topological polar surface area (TPSA) is 49.0 Å². The smallest absolute Gasteiger partial charge is 0.155 e. The van der Waals surface area contributed by atoms with Crippen molar-refractivity contribution in [3.8, 4) is 0 Å². The van der Waals surface area contributed by atoms with Gasteiger partial charge < -0.3 is 16.0 Å². The monoisotopic (exact) mass is 316 g/mol. The van der Waals surface area contributed by atoms with Crippen molar-refractivity contribution in [3.63, 3.8) is 0 Å². The Morgan fingerprint density at radius 1 is 1.09 bits per heavy atom. The molecule has 3 rings (SSSR count). The maximum atomic E-state index is 5.98. The van der Waals surface area contributed by atoms with Gasteiger partial charge in [0, 0.05) is 12.7 Å². The Labute approximate surface area is 136 Å². The molecule has 0 spiro atoms. The first-order valence-corrected chi connectivity index (χ1v) is 8.06. The minimum atomic E-state index is 0.479. The van der Waals surface area contributed by atoms with E-state index in [0.29, 0.717) is 11.1 Å². The molecule has 116 valence electrons. The molecule has 0 unspecified atom stereocenters. The second-order valence-electron chi connectivity index (χ2n) is 5.55. The molecular weight excluding hydrogens is 296 g/mol. The third-order valence-corrected chi connectivity index (χ3v) is 4.33. The first-order valence-electron chi connectivity index (χ1n) is 7.68. The maximum Gasteiger partial charge on any atom is 0.155 e. The summed E-state index contributed by atoms with van der Waals surface area (Å²) in [4.78, 5) is 4.34. The summed E-state index contributed by atoms with van der Waals surface area (Å²) in [7, 11) is 1.87. The first-order chi connectivity index (χ1) is 10.8. The highest BCUT2D eigenvalue weighted by Crippen LogP contribution is 2.28. The number of hydrogen-bond donors (Lipinski definition) is 3. The lowest BCUT2D eigenvalue weighted by Crippen LogP contribution is -2.26. The molecule has 1 aliphatic rings. The summed E-state index contributed by atoms with van der Waals surface area (Å²) in [5.74, 6) is 1.41. The first kappa shape index (κ1) is 15.1. The van der Waals surface area contributed by atoms with E-state index in [2.05, 4.69) is 45.2 Å². The second kappa shape index (κ2) is 6.99. The van der Waals surface area contributed by atoms with Crippen LogP contribution in [0.15, 0.2) is 36.4 Å². The lowest BCUT2D eigenvalue weighted by Gasteiger charge is -2.23. The quantitative estimate of drug-likeness (QED) is 0.747. The molecule has 0 saturated carbocycles. The number of aromatic nitrogens is 1. The van der Waals surface area contributed by atoms with Gasteiger partial charge >= 0.3 is 0 Å². The summed E-state index contributed by atoms with van der Waals surface area (Å²) in [6.45, 7) is 2.23. The average Bonchev–Trinajstić information content (AvgIpc) is 2.57. The highest BCUT2D eigenvalue weighted by atomic mass is 35.5. The molecule has 1 fully saturated rings. The highest BCUT2D eigenvalue weighted by molar-refractivity contribution is 6.29. The third-order valence-electron chi connectivity index (χ3n) is 4.11. The van der Waals surface area contributed by atoms with Gasteiger partial charge in [-0.25, -0.2) is 4.98 Å². The van der Waals surface area contributed by atoms with E-state index >= 15 is 0 Å². The Hall–Kier alpha value is -1.78. The van der Waals surface area contributed by atoms with Crippen LogP contribution in [0.5, 0.6) is 0 Å². The molecule has 0 radical (unpaired) electrons. The van der Waals surface area contributed by atoms with Gasteiger partial charge in [-0.2, -0.15) is 0 Å². The SMILES string of the molecule is CNc1ccc(Cl)nc1Nc1ccc(C2CCNCC2)cc1. The Balaban J connectivity index is 1.74. The average molecular weight is 317 g/mol. The van der Waals surface area contributed by atoms with Gasteiger partial charge in [0.05, 0.1) is 5.69 Å². The minimum absolute atomic E-state index is 0.479. The number of piperidine rings is 1. The van der Waals surface area contributed by atoms with Crippen LogP contribution in [0.4, 0.5) is 17.2 Å². The summed E-state index contributed by atoms with van der Waals surface area (Å²) in [6.07, 6.45) is 2.43. The van der Waals surface area contributed by atoms with E-state index in [0.717, 1.165) is 30.3 Å². The van der Waals surface area contributed by atoms with Crippen LogP contribution in [0.3, 0.4) is 0 Å². The van der Waals surface area contributed by atoms with Crippen molar-refractivity contribution in [2.75, 3.05) is 30.8 Å². The number of anilines is 3. The zero-order valence-electron chi connectivity index (χ0n) is 12.7. The number of benzene rings is 1. The van der Waals surface area contributed by atoms with Crippen molar-refractivity contribution in [1.29, 1.82) is 0 Å². The van der Waals surface area contributed by atoms with Crippen molar-refractivity contribution < 1.29 is 0 Å². The van der Waals surface area contributed by atoms with Crippen LogP contribution in [-0.4, -0.2) is 25.1 Å². The molecule has 5 heteroatoms. The molecule has 22 heavy (non-hydrogen) atoms. The van der Waals surface area contributed by atoms with Gasteiger partial charge in [-0.3, -0.25) is 0 Å². The molecule has 0 aliphatic carbocycles. The Morgan fingerprint density at radius 2 is 1.82 bits per heavy atom. The number of nitrogens with zero attached hydrogens (tertiary/aromatic N) is 1. The van der Waals surface area contributed by atoms with Gasteiger partial charge in [0.2, 0.25) is 0 Å². The molecule has 2 aromatic rings. The van der Waals surface area contributed by atoms with Gasteiger partial charge in [-0.15, -0.1) is 0 Å². The number of pyridine rings is 1. The van der Waals surface area contributed by atoms with Crippen LogP contribution in [-0.2, 0) is 0 Å². The van der Waals surface area contributed by atoms with Crippen molar-refractivity contribution in [2.24, 2.45) is 0 Å². The second-order valence-corrected chi connectivity index (χ2v) is 5.94. The lowest BCUT2D eigenvalue weighted by molar-refractivity contribution is 0.460. The Bertz CT molecular complexity index is 621. The highest BCUT2D eigenvalue weighted by Gasteiger charge is 2.14. The predicted octanol–water partition coefficient (Wildman–Crippen LogP) is 3.99. The fourth-order valence-electron chi connectivity index (χ4n) is 2.86. The zero-order chi connectivity index (χ0) is 15.4. The standard InChI is InChI=1S/C17H21ClN4/c1-19-15-6-7-16(18)22-17(15)21-14-4-2-12(3-5-14)13-8-10-20-11-9-13/h2-7,13,19-20H,8-11H2,1H3,(H,21,22). The van der Waals surface area contributed by atoms with E-state index in [4.69, 9.17) is 11.6 Å².